The fraction of sp³-hybridized carbons (Fsp3) is 0.375. The van der Waals surface area contributed by atoms with Gasteiger partial charge in [0.1, 0.15) is 11.9 Å². The first-order valence-corrected chi connectivity index (χ1v) is 7.37. The summed E-state index contributed by atoms with van der Waals surface area (Å²) in [7, 11) is 0. The number of halogens is 1. The quantitative estimate of drug-likeness (QED) is 0.485. The highest BCUT2D eigenvalue weighted by Gasteiger charge is 2.25. The highest BCUT2D eigenvalue weighted by molar-refractivity contribution is 5.90. The lowest BCUT2D eigenvalue weighted by atomic mass is 10.0. The van der Waals surface area contributed by atoms with Gasteiger partial charge in [0.2, 0.25) is 0 Å². The van der Waals surface area contributed by atoms with Crippen LogP contribution in [0, 0.1) is 0 Å². The van der Waals surface area contributed by atoms with Gasteiger partial charge in [0, 0.05) is 24.0 Å². The Morgan fingerprint density at radius 2 is 2.27 bits per heavy atom. The van der Waals surface area contributed by atoms with Crippen LogP contribution in [0.1, 0.15) is 25.3 Å². The Balaban J connectivity index is 0.00000176. The average Bonchev–Trinajstić information content (AvgIpc) is 3.02. The smallest absolute Gasteiger partial charge is 0.298 e. The highest BCUT2D eigenvalue weighted by Crippen LogP contribution is 2.28. The first-order valence-electron chi connectivity index (χ1n) is 7.37. The molecule has 22 heavy (non-hydrogen) atoms. The van der Waals surface area contributed by atoms with Crippen LogP contribution in [0.2, 0.25) is 0 Å². The Labute approximate surface area is 136 Å². The molecule has 3 N–H and O–H groups in total. The highest BCUT2D eigenvalue weighted by atomic mass is 35.5. The molecule has 1 unspecified atom stereocenters. The molecule has 1 aromatic rings. The third kappa shape index (κ3) is 3.67. The van der Waals surface area contributed by atoms with Crippen LogP contribution in [0.25, 0.3) is 6.08 Å². The topological polar surface area (TPSA) is 67.3 Å². The predicted octanol–water partition coefficient (Wildman–Crippen LogP) is -2.32. The minimum atomic E-state index is -0.0707. The van der Waals surface area contributed by atoms with E-state index in [0.717, 1.165) is 36.3 Å². The van der Waals surface area contributed by atoms with E-state index in [4.69, 9.17) is 4.74 Å². The van der Waals surface area contributed by atoms with E-state index in [-0.39, 0.29) is 30.5 Å². The summed E-state index contributed by atoms with van der Waals surface area (Å²) in [5, 5.41) is 6.13. The molecule has 118 valence electrons. The van der Waals surface area contributed by atoms with E-state index in [1.54, 1.807) is 6.21 Å². The second-order valence-electron chi connectivity index (χ2n) is 5.45. The van der Waals surface area contributed by atoms with E-state index < -0.39 is 0 Å². The molecule has 0 radical (unpaired) electrons. The van der Waals surface area contributed by atoms with Crippen LogP contribution in [0.3, 0.4) is 0 Å². The molecular formula is C16H20ClN3O2. The number of fused-ring (bicyclic) bond motifs is 1. The molecule has 0 bridgehead atoms. The van der Waals surface area contributed by atoms with Gasteiger partial charge < -0.3 is 22.5 Å². The molecule has 3 rings (SSSR count). The molecule has 1 fully saturated rings. The van der Waals surface area contributed by atoms with Crippen LogP contribution < -0.4 is 27.9 Å². The van der Waals surface area contributed by atoms with Crippen molar-refractivity contribution in [3.8, 4) is 5.75 Å². The Bertz CT molecular complexity index is 595. The number of ether oxygens (including phenoxy) is 1. The second kappa shape index (κ2) is 7.42. The first kappa shape index (κ1) is 16.5. The first-order chi connectivity index (χ1) is 10.2. The zero-order chi connectivity index (χ0) is 14.7. The molecule has 6 heteroatoms. The third-order valence-electron chi connectivity index (χ3n) is 3.91. The Kier molecular flexibility index (Phi) is 5.57. The largest absolute Gasteiger partial charge is 1.00 e. The number of carbonyl (C=O) groups is 1. The number of hydrogen-bond donors (Lipinski definition) is 2. The summed E-state index contributed by atoms with van der Waals surface area (Å²) in [5.41, 5.74) is 4.60. The number of quaternary nitrogens is 1. The maximum Gasteiger partial charge on any atom is 0.298 e. The zero-order valence-corrected chi connectivity index (χ0v) is 13.2. The molecule has 1 amide bonds. The second-order valence-corrected chi connectivity index (χ2v) is 5.45. The lowest BCUT2D eigenvalue weighted by Gasteiger charge is -2.22. The molecule has 0 spiro atoms. The minimum Gasteiger partial charge on any atom is -1.00 e. The number of benzene rings is 1. The minimum absolute atomic E-state index is 0. The van der Waals surface area contributed by atoms with Crippen molar-refractivity contribution in [2.24, 2.45) is 5.10 Å². The van der Waals surface area contributed by atoms with Crippen molar-refractivity contribution in [2.75, 3.05) is 6.54 Å². The van der Waals surface area contributed by atoms with Crippen LogP contribution in [-0.2, 0) is 4.79 Å². The Morgan fingerprint density at radius 1 is 1.45 bits per heavy atom. The predicted molar refractivity (Wildman–Crippen MR) is 81.0 cm³/mol. The lowest BCUT2D eigenvalue weighted by molar-refractivity contribution is -0.657. The number of nitrogens with two attached hydrogens (primary N) is 1. The van der Waals surface area contributed by atoms with Gasteiger partial charge in [-0.3, -0.25) is 4.79 Å². The molecule has 0 aromatic heterocycles. The summed E-state index contributed by atoms with van der Waals surface area (Å²) >= 11 is 0. The molecule has 2 aliphatic rings. The number of carbonyl (C=O) groups excluding carboxylic acids is 1. The van der Waals surface area contributed by atoms with Crippen LogP contribution in [-0.4, -0.2) is 30.8 Å². The summed E-state index contributed by atoms with van der Waals surface area (Å²) in [4.78, 5) is 11.9. The van der Waals surface area contributed by atoms with E-state index in [1.165, 1.54) is 0 Å². The fourth-order valence-corrected chi connectivity index (χ4v) is 2.67. The SMILES string of the molecule is CC1Oc2ccccc2C=C1C=NNC(=O)[C@H]1CCC[NH2+]1.[Cl-]. The van der Waals surface area contributed by atoms with Crippen molar-refractivity contribution in [2.45, 2.75) is 31.9 Å². The molecule has 5 nitrogen and oxygen atoms in total. The van der Waals surface area contributed by atoms with Gasteiger partial charge in [-0.2, -0.15) is 5.10 Å². The number of nitrogens with zero attached hydrogens (tertiary/aromatic N) is 1. The number of rotatable bonds is 3. The van der Waals surface area contributed by atoms with Crippen molar-refractivity contribution in [3.63, 3.8) is 0 Å². The van der Waals surface area contributed by atoms with Crippen molar-refractivity contribution < 1.29 is 27.3 Å². The fourth-order valence-electron chi connectivity index (χ4n) is 2.67. The van der Waals surface area contributed by atoms with Crippen LogP contribution in [0.15, 0.2) is 34.9 Å². The van der Waals surface area contributed by atoms with Gasteiger partial charge in [0.05, 0.1) is 12.8 Å². The van der Waals surface area contributed by atoms with Gasteiger partial charge in [-0.15, -0.1) is 0 Å². The van der Waals surface area contributed by atoms with Gasteiger partial charge in [-0.25, -0.2) is 5.43 Å². The van der Waals surface area contributed by atoms with Gasteiger partial charge in [0.15, 0.2) is 6.04 Å². The number of nitrogens with one attached hydrogen (secondary N) is 1. The van der Waals surface area contributed by atoms with Crippen LogP contribution in [0.5, 0.6) is 5.75 Å². The molecule has 2 aliphatic heterocycles. The van der Waals surface area contributed by atoms with E-state index >= 15 is 0 Å². The molecule has 2 atom stereocenters. The Morgan fingerprint density at radius 3 is 3.05 bits per heavy atom. The summed E-state index contributed by atoms with van der Waals surface area (Å²) in [6, 6.07) is 7.89. The zero-order valence-electron chi connectivity index (χ0n) is 12.5. The molecule has 1 saturated heterocycles. The molecule has 0 aliphatic carbocycles. The normalized spacial score (nSPS) is 23.2. The molecule has 0 saturated carbocycles. The van der Waals surface area contributed by atoms with Crippen LogP contribution in [0.4, 0.5) is 0 Å². The average molecular weight is 322 g/mol. The lowest BCUT2D eigenvalue weighted by Crippen LogP contribution is -3.00. The van der Waals surface area contributed by atoms with E-state index in [0.29, 0.717) is 0 Å². The van der Waals surface area contributed by atoms with E-state index in [1.807, 2.05) is 37.3 Å². The van der Waals surface area contributed by atoms with Crippen molar-refractivity contribution in [3.05, 3.63) is 35.4 Å². The standard InChI is InChI=1S/C16H19N3O2.ClH/c1-11-13(9-12-5-2-3-7-15(12)21-11)10-18-19-16(20)14-6-4-8-17-14;/h2-3,5,7,9-11,14,17H,4,6,8H2,1H3,(H,19,20);1H/t11?,14-;/m1./s1. The van der Waals surface area contributed by atoms with Gasteiger partial charge in [0.25, 0.3) is 5.91 Å². The third-order valence-corrected chi connectivity index (χ3v) is 3.91. The number of para-hydroxylation sites is 1. The van der Waals surface area contributed by atoms with E-state index in [9.17, 15) is 4.79 Å². The number of hydrazone groups is 1. The summed E-state index contributed by atoms with van der Waals surface area (Å²) < 4.78 is 5.82. The molecule has 1 aromatic carbocycles. The monoisotopic (exact) mass is 321 g/mol. The maximum absolute atomic E-state index is 11.9. The Hall–Kier alpha value is -1.85. The molecule has 2 heterocycles. The summed E-state index contributed by atoms with van der Waals surface area (Å²) in [6.07, 6.45) is 5.67. The van der Waals surface area contributed by atoms with Crippen molar-refractivity contribution in [1.29, 1.82) is 0 Å². The van der Waals surface area contributed by atoms with Crippen LogP contribution >= 0.6 is 0 Å². The maximum atomic E-state index is 11.9. The molecular weight excluding hydrogens is 302 g/mol. The summed E-state index contributed by atoms with van der Waals surface area (Å²) in [6.45, 7) is 3.00. The summed E-state index contributed by atoms with van der Waals surface area (Å²) in [5.74, 6) is 0.862. The van der Waals surface area contributed by atoms with Gasteiger partial charge in [-0.05, 0) is 19.1 Å². The van der Waals surface area contributed by atoms with Crippen molar-refractivity contribution in [1.82, 2.24) is 5.43 Å². The number of amides is 1. The number of hydrogen-bond acceptors (Lipinski definition) is 3. The van der Waals surface area contributed by atoms with Gasteiger partial charge in [-0.1, -0.05) is 18.2 Å². The van der Waals surface area contributed by atoms with Crippen molar-refractivity contribution >= 4 is 18.2 Å². The van der Waals surface area contributed by atoms with E-state index in [2.05, 4.69) is 15.8 Å². The van der Waals surface area contributed by atoms with Gasteiger partial charge >= 0.3 is 0 Å².